The van der Waals surface area contributed by atoms with Crippen LogP contribution in [-0.4, -0.2) is 16.2 Å². The number of carbonyl (C=O) groups is 1. The molecule has 0 saturated heterocycles. The number of carbonyl (C=O) groups excluding carboxylic acids is 1. The molecule has 2 heterocycles. The van der Waals surface area contributed by atoms with Crippen molar-refractivity contribution in [1.82, 2.24) is 9.99 Å². The van der Waals surface area contributed by atoms with Crippen LogP contribution in [-0.2, 0) is 0 Å². The van der Waals surface area contributed by atoms with Gasteiger partial charge in [0.15, 0.2) is 5.62 Å². The van der Waals surface area contributed by atoms with Gasteiger partial charge in [0.05, 0.1) is 0 Å². The number of amides is 1. The number of halogens is 1. The highest BCUT2D eigenvalue weighted by atomic mass is 35.5. The zero-order valence-electron chi connectivity index (χ0n) is 5.54. The first-order valence-corrected chi connectivity index (χ1v) is 3.60. The van der Waals surface area contributed by atoms with Crippen molar-refractivity contribution in [1.29, 1.82) is 0 Å². The lowest BCUT2D eigenvalue weighted by atomic mass is 10.4. The first-order valence-electron chi connectivity index (χ1n) is 3.16. The van der Waals surface area contributed by atoms with E-state index in [-0.39, 0.29) is 5.91 Å². The standard InChI is InChI=1S/C6H6ClN3O/c7-6-8-5(11)4-2-1-3-10(4)9-6/h1-3,6,9H,(H,8,11). The van der Waals surface area contributed by atoms with Gasteiger partial charge in [-0.05, 0) is 12.1 Å². The highest BCUT2D eigenvalue weighted by Crippen LogP contribution is 2.06. The van der Waals surface area contributed by atoms with Crippen LogP contribution in [0.2, 0.25) is 0 Å². The zero-order chi connectivity index (χ0) is 7.84. The minimum atomic E-state index is -0.526. The molecule has 0 bridgehead atoms. The first-order chi connectivity index (χ1) is 5.27. The fraction of sp³-hybridized carbons (Fsp3) is 0.167. The van der Waals surface area contributed by atoms with Crippen molar-refractivity contribution in [3.63, 3.8) is 0 Å². The minimum absolute atomic E-state index is 0.159. The second-order valence-corrected chi connectivity index (χ2v) is 2.66. The lowest BCUT2D eigenvalue weighted by Gasteiger charge is -2.22. The van der Waals surface area contributed by atoms with E-state index >= 15 is 0 Å². The molecule has 0 aromatic carbocycles. The Morgan fingerprint density at radius 3 is 3.27 bits per heavy atom. The molecule has 1 aromatic heterocycles. The van der Waals surface area contributed by atoms with E-state index in [0.29, 0.717) is 5.69 Å². The van der Waals surface area contributed by atoms with Crippen LogP contribution < -0.4 is 10.7 Å². The summed E-state index contributed by atoms with van der Waals surface area (Å²) in [7, 11) is 0. The number of nitrogens with one attached hydrogen (secondary N) is 2. The highest BCUT2D eigenvalue weighted by Gasteiger charge is 2.20. The average molecular weight is 172 g/mol. The fourth-order valence-electron chi connectivity index (χ4n) is 1.02. The molecule has 1 aromatic rings. The number of hydrogen-bond donors (Lipinski definition) is 2. The maximum atomic E-state index is 11.1. The molecule has 11 heavy (non-hydrogen) atoms. The van der Waals surface area contributed by atoms with Crippen molar-refractivity contribution in [2.75, 3.05) is 5.43 Å². The summed E-state index contributed by atoms with van der Waals surface area (Å²) in [6.45, 7) is 0. The minimum Gasteiger partial charge on any atom is -0.317 e. The van der Waals surface area contributed by atoms with Crippen LogP contribution in [0.5, 0.6) is 0 Å². The van der Waals surface area contributed by atoms with Crippen LogP contribution in [0.25, 0.3) is 0 Å². The van der Waals surface area contributed by atoms with Crippen molar-refractivity contribution in [3.8, 4) is 0 Å². The topological polar surface area (TPSA) is 46.1 Å². The molecule has 5 heteroatoms. The van der Waals surface area contributed by atoms with Gasteiger partial charge in [0, 0.05) is 6.20 Å². The smallest absolute Gasteiger partial charge is 0.272 e. The number of alkyl halides is 1. The van der Waals surface area contributed by atoms with Gasteiger partial charge in [-0.1, -0.05) is 11.6 Å². The van der Waals surface area contributed by atoms with Gasteiger partial charge in [-0.15, -0.1) is 0 Å². The van der Waals surface area contributed by atoms with Crippen molar-refractivity contribution < 1.29 is 4.79 Å². The summed E-state index contributed by atoms with van der Waals surface area (Å²) in [6, 6.07) is 3.49. The Morgan fingerprint density at radius 2 is 2.45 bits per heavy atom. The van der Waals surface area contributed by atoms with Crippen LogP contribution >= 0.6 is 11.6 Å². The van der Waals surface area contributed by atoms with E-state index in [9.17, 15) is 4.79 Å². The second-order valence-electron chi connectivity index (χ2n) is 2.23. The van der Waals surface area contributed by atoms with Gasteiger partial charge in [-0.25, -0.2) is 0 Å². The maximum Gasteiger partial charge on any atom is 0.272 e. The predicted molar refractivity (Wildman–Crippen MR) is 40.9 cm³/mol. The Bertz CT molecular complexity index is 296. The molecule has 2 N–H and O–H groups in total. The van der Waals surface area contributed by atoms with Crippen LogP contribution in [0.1, 0.15) is 10.5 Å². The summed E-state index contributed by atoms with van der Waals surface area (Å²) >= 11 is 5.63. The van der Waals surface area contributed by atoms with Gasteiger partial charge in [0.1, 0.15) is 5.69 Å². The molecule has 0 fully saturated rings. The quantitative estimate of drug-likeness (QED) is 0.436. The molecule has 1 unspecified atom stereocenters. The van der Waals surface area contributed by atoms with E-state index in [2.05, 4.69) is 10.7 Å². The molecule has 58 valence electrons. The molecule has 1 aliphatic rings. The zero-order valence-corrected chi connectivity index (χ0v) is 6.30. The molecule has 1 atom stereocenters. The SMILES string of the molecule is O=C1NC(Cl)Nn2cccc21. The predicted octanol–water partition coefficient (Wildman–Crippen LogP) is 0.297. The Labute approximate surface area is 68.1 Å². The summed E-state index contributed by atoms with van der Waals surface area (Å²) in [6.07, 6.45) is 1.74. The van der Waals surface area contributed by atoms with E-state index < -0.39 is 5.62 Å². The largest absolute Gasteiger partial charge is 0.317 e. The van der Waals surface area contributed by atoms with Crippen molar-refractivity contribution in [2.45, 2.75) is 5.62 Å². The molecule has 0 spiro atoms. The third-order valence-corrected chi connectivity index (χ3v) is 1.70. The lowest BCUT2D eigenvalue weighted by molar-refractivity contribution is 0.0930. The number of aromatic nitrogens is 1. The molecule has 1 aliphatic heterocycles. The molecular formula is C6H6ClN3O. The first kappa shape index (κ1) is 6.54. The van der Waals surface area contributed by atoms with E-state index in [1.807, 2.05) is 0 Å². The highest BCUT2D eigenvalue weighted by molar-refractivity contribution is 6.22. The Kier molecular flexibility index (Phi) is 1.29. The molecule has 0 aliphatic carbocycles. The monoisotopic (exact) mass is 171 g/mol. The molecule has 1 amide bonds. The van der Waals surface area contributed by atoms with Gasteiger partial charge in [0.25, 0.3) is 5.91 Å². The van der Waals surface area contributed by atoms with Gasteiger partial charge in [-0.3, -0.25) is 14.9 Å². The Balaban J connectivity index is 2.44. The second kappa shape index (κ2) is 2.17. The summed E-state index contributed by atoms with van der Waals surface area (Å²) in [5.74, 6) is -0.159. The van der Waals surface area contributed by atoms with E-state index in [1.54, 1.807) is 23.0 Å². The van der Waals surface area contributed by atoms with Gasteiger partial charge < -0.3 is 5.32 Å². The maximum absolute atomic E-state index is 11.1. The van der Waals surface area contributed by atoms with Crippen LogP contribution in [0.15, 0.2) is 18.3 Å². The summed E-state index contributed by atoms with van der Waals surface area (Å²) in [5.41, 5.74) is 2.87. The Hall–Kier alpha value is -1.16. The fourth-order valence-corrected chi connectivity index (χ4v) is 1.23. The van der Waals surface area contributed by atoms with Gasteiger partial charge in [-0.2, -0.15) is 0 Å². The average Bonchev–Trinajstić information content (AvgIpc) is 2.34. The lowest BCUT2D eigenvalue weighted by Crippen LogP contribution is -2.46. The van der Waals surface area contributed by atoms with Gasteiger partial charge >= 0.3 is 0 Å². The third kappa shape index (κ3) is 0.952. The normalized spacial score (nSPS) is 21.9. The van der Waals surface area contributed by atoms with Crippen molar-refractivity contribution >= 4 is 17.5 Å². The summed E-state index contributed by atoms with van der Waals surface area (Å²) in [5, 5.41) is 2.52. The molecule has 4 nitrogen and oxygen atoms in total. The van der Waals surface area contributed by atoms with Crippen LogP contribution in [0, 0.1) is 0 Å². The number of fused-ring (bicyclic) bond motifs is 1. The van der Waals surface area contributed by atoms with Gasteiger partial charge in [0.2, 0.25) is 0 Å². The number of nitrogens with zero attached hydrogens (tertiary/aromatic N) is 1. The van der Waals surface area contributed by atoms with E-state index in [0.717, 1.165) is 0 Å². The number of hydrogen-bond acceptors (Lipinski definition) is 2. The molecular weight excluding hydrogens is 166 g/mol. The molecule has 0 radical (unpaired) electrons. The Morgan fingerprint density at radius 1 is 1.64 bits per heavy atom. The number of rotatable bonds is 0. The molecule has 2 rings (SSSR count). The summed E-state index contributed by atoms with van der Waals surface area (Å²) in [4.78, 5) is 11.1. The van der Waals surface area contributed by atoms with Crippen LogP contribution in [0.3, 0.4) is 0 Å². The summed E-state index contributed by atoms with van der Waals surface area (Å²) < 4.78 is 1.59. The van der Waals surface area contributed by atoms with E-state index in [1.165, 1.54) is 0 Å². The molecule has 0 saturated carbocycles. The van der Waals surface area contributed by atoms with E-state index in [4.69, 9.17) is 11.6 Å². The third-order valence-electron chi connectivity index (χ3n) is 1.49. The van der Waals surface area contributed by atoms with Crippen molar-refractivity contribution in [3.05, 3.63) is 24.0 Å². The van der Waals surface area contributed by atoms with Crippen molar-refractivity contribution in [2.24, 2.45) is 0 Å². The van der Waals surface area contributed by atoms with Crippen LogP contribution in [0.4, 0.5) is 0 Å².